The van der Waals surface area contributed by atoms with Crippen LogP contribution in [-0.2, 0) is 5.54 Å². The van der Waals surface area contributed by atoms with E-state index in [4.69, 9.17) is 4.74 Å². The van der Waals surface area contributed by atoms with E-state index in [-0.39, 0.29) is 5.54 Å². The van der Waals surface area contributed by atoms with E-state index in [9.17, 15) is 0 Å². The molecule has 1 aromatic carbocycles. The first kappa shape index (κ1) is 11.1. The number of benzene rings is 1. The van der Waals surface area contributed by atoms with Crippen LogP contribution in [0.4, 0.5) is 0 Å². The highest BCUT2D eigenvalue weighted by Crippen LogP contribution is 2.32. The second-order valence-electron chi connectivity index (χ2n) is 5.64. The number of rotatable bonds is 4. The Kier molecular flexibility index (Phi) is 2.83. The van der Waals surface area contributed by atoms with E-state index in [0.29, 0.717) is 0 Å². The highest BCUT2D eigenvalue weighted by atomic mass is 16.5. The van der Waals surface area contributed by atoms with Gasteiger partial charge in [-0.2, -0.15) is 0 Å². The van der Waals surface area contributed by atoms with Crippen molar-refractivity contribution in [3.05, 3.63) is 29.8 Å². The highest BCUT2D eigenvalue weighted by molar-refractivity contribution is 5.32. The average Bonchev–Trinajstić information content (AvgIpc) is 3.09. The van der Waals surface area contributed by atoms with Crippen LogP contribution in [-0.4, -0.2) is 13.2 Å². The first-order valence-electron chi connectivity index (χ1n) is 6.75. The molecule has 0 spiro atoms. The lowest BCUT2D eigenvalue weighted by atomic mass is 9.91. The van der Waals surface area contributed by atoms with Gasteiger partial charge in [0.1, 0.15) is 5.75 Å². The molecule has 1 saturated carbocycles. The molecule has 1 saturated heterocycles. The molecular formula is C15H21NO. The SMILES string of the molecule is CC1(c2ccc(OCC3CC3)cc2)CCCN1. The standard InChI is InChI=1S/C15H21NO/c1-15(9-2-10-16-15)13-5-7-14(8-6-13)17-11-12-3-4-12/h5-8,12,16H,2-4,9-11H2,1H3. The molecule has 1 heterocycles. The molecule has 1 aromatic rings. The van der Waals surface area contributed by atoms with E-state index in [2.05, 4.69) is 36.5 Å². The van der Waals surface area contributed by atoms with Crippen LogP contribution in [0.3, 0.4) is 0 Å². The van der Waals surface area contributed by atoms with Crippen molar-refractivity contribution >= 4 is 0 Å². The van der Waals surface area contributed by atoms with Crippen molar-refractivity contribution in [3.8, 4) is 5.75 Å². The minimum absolute atomic E-state index is 0.176. The lowest BCUT2D eigenvalue weighted by Gasteiger charge is -2.25. The van der Waals surface area contributed by atoms with Crippen molar-refractivity contribution < 1.29 is 4.74 Å². The molecule has 1 N–H and O–H groups in total. The lowest BCUT2D eigenvalue weighted by Crippen LogP contribution is -2.32. The van der Waals surface area contributed by atoms with Crippen LogP contribution in [0.5, 0.6) is 5.75 Å². The molecule has 2 nitrogen and oxygen atoms in total. The van der Waals surface area contributed by atoms with Crippen LogP contribution in [0.25, 0.3) is 0 Å². The van der Waals surface area contributed by atoms with Gasteiger partial charge in [0.2, 0.25) is 0 Å². The molecule has 92 valence electrons. The molecule has 1 aliphatic carbocycles. The zero-order valence-electron chi connectivity index (χ0n) is 10.5. The fourth-order valence-electron chi connectivity index (χ4n) is 2.56. The van der Waals surface area contributed by atoms with Crippen LogP contribution in [0, 0.1) is 5.92 Å². The summed E-state index contributed by atoms with van der Waals surface area (Å²) in [4.78, 5) is 0. The number of hydrogen-bond donors (Lipinski definition) is 1. The van der Waals surface area contributed by atoms with Gasteiger partial charge in [-0.1, -0.05) is 12.1 Å². The summed E-state index contributed by atoms with van der Waals surface area (Å²) in [6, 6.07) is 8.65. The Labute approximate surface area is 103 Å². The van der Waals surface area contributed by atoms with Gasteiger partial charge in [-0.3, -0.25) is 0 Å². The molecule has 1 aliphatic heterocycles. The van der Waals surface area contributed by atoms with Crippen LogP contribution < -0.4 is 10.1 Å². The maximum Gasteiger partial charge on any atom is 0.119 e. The van der Waals surface area contributed by atoms with Gasteiger partial charge in [0, 0.05) is 5.54 Å². The van der Waals surface area contributed by atoms with E-state index < -0.39 is 0 Å². The fourth-order valence-corrected chi connectivity index (χ4v) is 2.56. The normalized spacial score (nSPS) is 28.3. The Hall–Kier alpha value is -1.02. The predicted molar refractivity (Wildman–Crippen MR) is 69.2 cm³/mol. The Balaban J connectivity index is 1.66. The van der Waals surface area contributed by atoms with Gasteiger partial charge >= 0.3 is 0 Å². The number of nitrogens with one attached hydrogen (secondary N) is 1. The van der Waals surface area contributed by atoms with Gasteiger partial charge in [-0.25, -0.2) is 0 Å². The van der Waals surface area contributed by atoms with Crippen LogP contribution in [0.15, 0.2) is 24.3 Å². The molecule has 1 unspecified atom stereocenters. The van der Waals surface area contributed by atoms with E-state index in [1.165, 1.54) is 31.2 Å². The third-order valence-electron chi connectivity index (χ3n) is 4.04. The zero-order chi connectivity index (χ0) is 11.7. The predicted octanol–water partition coefficient (Wildman–Crippen LogP) is 3.07. The minimum atomic E-state index is 0.176. The van der Waals surface area contributed by atoms with Gasteiger partial charge in [-0.05, 0) is 62.8 Å². The summed E-state index contributed by atoms with van der Waals surface area (Å²) >= 11 is 0. The van der Waals surface area contributed by atoms with Gasteiger partial charge in [0.15, 0.2) is 0 Å². The summed E-state index contributed by atoms with van der Waals surface area (Å²) in [5, 5.41) is 3.59. The van der Waals surface area contributed by atoms with Gasteiger partial charge in [0.25, 0.3) is 0 Å². The van der Waals surface area contributed by atoms with E-state index in [1.54, 1.807) is 0 Å². The summed E-state index contributed by atoms with van der Waals surface area (Å²) in [6.07, 6.45) is 5.20. The van der Waals surface area contributed by atoms with E-state index in [1.807, 2.05) is 0 Å². The Bertz CT molecular complexity index is 374. The van der Waals surface area contributed by atoms with Crippen molar-refractivity contribution in [1.29, 1.82) is 0 Å². The van der Waals surface area contributed by atoms with Crippen molar-refractivity contribution in [3.63, 3.8) is 0 Å². The number of hydrogen-bond acceptors (Lipinski definition) is 2. The summed E-state index contributed by atoms with van der Waals surface area (Å²) in [5.41, 5.74) is 1.56. The summed E-state index contributed by atoms with van der Waals surface area (Å²) < 4.78 is 5.76. The second-order valence-corrected chi connectivity index (χ2v) is 5.64. The third-order valence-corrected chi connectivity index (χ3v) is 4.04. The summed E-state index contributed by atoms with van der Waals surface area (Å²) in [5.74, 6) is 1.84. The van der Waals surface area contributed by atoms with Crippen LogP contribution in [0.2, 0.25) is 0 Å². The fraction of sp³-hybridized carbons (Fsp3) is 0.600. The maximum absolute atomic E-state index is 5.76. The van der Waals surface area contributed by atoms with Gasteiger partial charge in [0.05, 0.1) is 6.61 Å². The molecular weight excluding hydrogens is 210 g/mol. The Morgan fingerprint density at radius 1 is 1.29 bits per heavy atom. The summed E-state index contributed by atoms with van der Waals surface area (Å²) in [7, 11) is 0. The smallest absolute Gasteiger partial charge is 0.119 e. The first-order valence-corrected chi connectivity index (χ1v) is 6.75. The Morgan fingerprint density at radius 2 is 2.06 bits per heavy atom. The molecule has 3 rings (SSSR count). The Morgan fingerprint density at radius 3 is 2.65 bits per heavy atom. The summed E-state index contributed by atoms with van der Waals surface area (Å²) in [6.45, 7) is 4.32. The highest BCUT2D eigenvalue weighted by Gasteiger charge is 2.29. The number of ether oxygens (including phenoxy) is 1. The molecule has 2 fully saturated rings. The van der Waals surface area contributed by atoms with Crippen molar-refractivity contribution in [2.75, 3.05) is 13.2 Å². The van der Waals surface area contributed by atoms with Gasteiger partial charge in [-0.15, -0.1) is 0 Å². The zero-order valence-corrected chi connectivity index (χ0v) is 10.5. The van der Waals surface area contributed by atoms with Crippen LogP contribution >= 0.6 is 0 Å². The molecule has 1 atom stereocenters. The minimum Gasteiger partial charge on any atom is -0.493 e. The molecule has 2 heteroatoms. The maximum atomic E-state index is 5.76. The lowest BCUT2D eigenvalue weighted by molar-refractivity contribution is 0.299. The monoisotopic (exact) mass is 231 g/mol. The van der Waals surface area contributed by atoms with E-state index in [0.717, 1.165) is 24.8 Å². The molecule has 17 heavy (non-hydrogen) atoms. The first-order chi connectivity index (χ1) is 8.26. The molecule has 0 radical (unpaired) electrons. The second kappa shape index (κ2) is 4.34. The van der Waals surface area contributed by atoms with Crippen molar-refractivity contribution in [2.24, 2.45) is 5.92 Å². The quantitative estimate of drug-likeness (QED) is 0.860. The van der Waals surface area contributed by atoms with Gasteiger partial charge < -0.3 is 10.1 Å². The average molecular weight is 231 g/mol. The topological polar surface area (TPSA) is 21.3 Å². The molecule has 0 aromatic heterocycles. The van der Waals surface area contributed by atoms with Crippen molar-refractivity contribution in [1.82, 2.24) is 5.32 Å². The largest absolute Gasteiger partial charge is 0.493 e. The van der Waals surface area contributed by atoms with Crippen molar-refractivity contribution in [2.45, 2.75) is 38.1 Å². The molecule has 0 bridgehead atoms. The molecule has 2 aliphatic rings. The molecule has 0 amide bonds. The third kappa shape index (κ3) is 2.47. The van der Waals surface area contributed by atoms with E-state index >= 15 is 0 Å². The van der Waals surface area contributed by atoms with Crippen LogP contribution in [0.1, 0.15) is 38.2 Å².